The summed E-state index contributed by atoms with van der Waals surface area (Å²) >= 11 is 0. The van der Waals surface area contributed by atoms with Crippen molar-refractivity contribution < 1.29 is 9.53 Å². The van der Waals surface area contributed by atoms with E-state index >= 15 is 0 Å². The van der Waals surface area contributed by atoms with Crippen molar-refractivity contribution in [3.05, 3.63) is 35.9 Å². The molecule has 0 heterocycles. The molecule has 0 aliphatic carbocycles. The van der Waals surface area contributed by atoms with Gasteiger partial charge in [0, 0.05) is 0 Å². The molecule has 1 atom stereocenters. The monoisotopic (exact) mass is 193 g/mol. The summed E-state index contributed by atoms with van der Waals surface area (Å²) in [6.07, 6.45) is 0.137. The smallest absolute Gasteiger partial charge is 0.246 e. The average molecular weight is 193 g/mol. The molecule has 0 fully saturated rings. The molecule has 1 aromatic rings. The van der Waals surface area contributed by atoms with Crippen LogP contribution < -0.4 is 5.73 Å². The summed E-state index contributed by atoms with van der Waals surface area (Å²) < 4.78 is 5.36. The quantitative estimate of drug-likeness (QED) is 0.769. The van der Waals surface area contributed by atoms with E-state index in [2.05, 4.69) is 0 Å². The molecular formula is C11H15NO2. The molecule has 14 heavy (non-hydrogen) atoms. The van der Waals surface area contributed by atoms with Crippen LogP contribution in [0.1, 0.15) is 18.9 Å². The highest BCUT2D eigenvalue weighted by molar-refractivity contribution is 5.78. The van der Waals surface area contributed by atoms with Crippen LogP contribution in [0.5, 0.6) is 0 Å². The molecule has 76 valence electrons. The lowest BCUT2D eigenvalue weighted by Crippen LogP contribution is -2.30. The molecule has 0 bridgehead atoms. The fraction of sp³-hybridized carbons (Fsp3) is 0.364. The van der Waals surface area contributed by atoms with E-state index in [-0.39, 0.29) is 0 Å². The van der Waals surface area contributed by atoms with Gasteiger partial charge in [0.1, 0.15) is 6.10 Å². The minimum absolute atomic E-state index is 0.400. The van der Waals surface area contributed by atoms with Gasteiger partial charge in [0.25, 0.3) is 0 Å². The lowest BCUT2D eigenvalue weighted by Gasteiger charge is -2.11. The average Bonchev–Trinajstić information content (AvgIpc) is 2.20. The molecule has 0 aromatic heterocycles. The Hall–Kier alpha value is -1.35. The zero-order valence-corrected chi connectivity index (χ0v) is 8.27. The van der Waals surface area contributed by atoms with Crippen LogP contribution in [0.15, 0.2) is 30.3 Å². The van der Waals surface area contributed by atoms with Crippen LogP contribution in [0.4, 0.5) is 0 Å². The topological polar surface area (TPSA) is 52.3 Å². The number of ether oxygens (including phenoxy) is 1. The van der Waals surface area contributed by atoms with Gasteiger partial charge in [-0.05, 0) is 12.0 Å². The van der Waals surface area contributed by atoms with Crippen LogP contribution in [0, 0.1) is 0 Å². The first kappa shape index (κ1) is 10.7. The fourth-order valence-electron chi connectivity index (χ4n) is 1.17. The third kappa shape index (κ3) is 3.18. The van der Waals surface area contributed by atoms with E-state index in [9.17, 15) is 4.79 Å². The highest BCUT2D eigenvalue weighted by Gasteiger charge is 2.12. The summed E-state index contributed by atoms with van der Waals surface area (Å²) in [4.78, 5) is 10.8. The number of hydrogen-bond donors (Lipinski definition) is 1. The molecule has 2 N–H and O–H groups in total. The minimum atomic E-state index is -0.477. The molecule has 0 saturated carbocycles. The van der Waals surface area contributed by atoms with Crippen molar-refractivity contribution in [2.75, 3.05) is 0 Å². The molecule has 3 heteroatoms. The normalized spacial score (nSPS) is 12.4. The summed E-state index contributed by atoms with van der Waals surface area (Å²) in [6.45, 7) is 2.31. The van der Waals surface area contributed by atoms with Crippen LogP contribution in [-0.2, 0) is 16.1 Å². The Morgan fingerprint density at radius 1 is 1.43 bits per heavy atom. The first-order valence-corrected chi connectivity index (χ1v) is 4.69. The Labute approximate surface area is 83.9 Å². The Bertz CT molecular complexity index is 285. The van der Waals surface area contributed by atoms with Crippen LogP contribution in [0.2, 0.25) is 0 Å². The second kappa shape index (κ2) is 5.40. The number of rotatable bonds is 5. The van der Waals surface area contributed by atoms with Crippen molar-refractivity contribution in [1.29, 1.82) is 0 Å². The van der Waals surface area contributed by atoms with Crippen molar-refractivity contribution in [2.24, 2.45) is 5.73 Å². The van der Waals surface area contributed by atoms with E-state index in [4.69, 9.17) is 10.5 Å². The van der Waals surface area contributed by atoms with Gasteiger partial charge < -0.3 is 10.5 Å². The number of hydrogen-bond acceptors (Lipinski definition) is 2. The maximum absolute atomic E-state index is 10.8. The zero-order chi connectivity index (χ0) is 10.4. The number of benzene rings is 1. The Morgan fingerprint density at radius 3 is 2.57 bits per heavy atom. The molecule has 1 amide bonds. The molecule has 0 aliphatic heterocycles. The molecule has 0 spiro atoms. The molecule has 1 rings (SSSR count). The van der Waals surface area contributed by atoms with Crippen molar-refractivity contribution in [2.45, 2.75) is 26.1 Å². The van der Waals surface area contributed by atoms with Crippen molar-refractivity contribution >= 4 is 5.91 Å². The van der Waals surface area contributed by atoms with Gasteiger partial charge in [0.05, 0.1) is 6.61 Å². The lowest BCUT2D eigenvalue weighted by molar-refractivity contribution is -0.130. The highest BCUT2D eigenvalue weighted by Crippen LogP contribution is 2.05. The predicted molar refractivity (Wildman–Crippen MR) is 54.5 cm³/mol. The summed E-state index contributed by atoms with van der Waals surface area (Å²) in [5.74, 6) is -0.400. The van der Waals surface area contributed by atoms with Gasteiger partial charge in [-0.1, -0.05) is 37.3 Å². The molecule has 1 unspecified atom stereocenters. The highest BCUT2D eigenvalue weighted by atomic mass is 16.5. The van der Waals surface area contributed by atoms with Gasteiger partial charge in [-0.25, -0.2) is 0 Å². The van der Waals surface area contributed by atoms with Gasteiger partial charge in [0.15, 0.2) is 0 Å². The molecule has 0 saturated heterocycles. The van der Waals surface area contributed by atoms with Crippen LogP contribution in [0.25, 0.3) is 0 Å². The maximum atomic E-state index is 10.8. The first-order valence-electron chi connectivity index (χ1n) is 4.69. The van der Waals surface area contributed by atoms with E-state index in [1.54, 1.807) is 0 Å². The largest absolute Gasteiger partial charge is 0.367 e. The number of carbonyl (C=O) groups is 1. The second-order valence-corrected chi connectivity index (χ2v) is 3.10. The second-order valence-electron chi connectivity index (χ2n) is 3.10. The van der Waals surface area contributed by atoms with Gasteiger partial charge in [-0.15, -0.1) is 0 Å². The lowest BCUT2D eigenvalue weighted by atomic mass is 10.2. The van der Waals surface area contributed by atoms with E-state index in [0.29, 0.717) is 13.0 Å². The third-order valence-corrected chi connectivity index (χ3v) is 1.98. The Kier molecular flexibility index (Phi) is 4.13. The summed E-state index contributed by atoms with van der Waals surface area (Å²) in [6, 6.07) is 9.71. The predicted octanol–water partition coefficient (Wildman–Crippen LogP) is 1.47. The van der Waals surface area contributed by atoms with Gasteiger partial charge in [-0.3, -0.25) is 4.79 Å². The number of carbonyl (C=O) groups excluding carboxylic acids is 1. The van der Waals surface area contributed by atoms with E-state index < -0.39 is 12.0 Å². The summed E-state index contributed by atoms with van der Waals surface area (Å²) in [7, 11) is 0. The summed E-state index contributed by atoms with van der Waals surface area (Å²) in [5.41, 5.74) is 6.20. The Balaban J connectivity index is 2.44. The number of primary amides is 1. The maximum Gasteiger partial charge on any atom is 0.246 e. The van der Waals surface area contributed by atoms with Crippen molar-refractivity contribution in [1.82, 2.24) is 0 Å². The fourth-order valence-corrected chi connectivity index (χ4v) is 1.17. The van der Waals surface area contributed by atoms with Crippen LogP contribution >= 0.6 is 0 Å². The van der Waals surface area contributed by atoms with Crippen molar-refractivity contribution in [3.63, 3.8) is 0 Å². The molecular weight excluding hydrogens is 178 g/mol. The van der Waals surface area contributed by atoms with Gasteiger partial charge >= 0.3 is 0 Å². The molecule has 1 aromatic carbocycles. The first-order chi connectivity index (χ1) is 6.74. The van der Waals surface area contributed by atoms with E-state index in [1.807, 2.05) is 37.3 Å². The SMILES string of the molecule is CCC(OCc1ccccc1)C(N)=O. The van der Waals surface area contributed by atoms with Gasteiger partial charge in [-0.2, -0.15) is 0 Å². The van der Waals surface area contributed by atoms with Gasteiger partial charge in [0.2, 0.25) is 5.91 Å². The summed E-state index contributed by atoms with van der Waals surface area (Å²) in [5, 5.41) is 0. The molecule has 0 aliphatic rings. The standard InChI is InChI=1S/C11H15NO2/c1-2-10(11(12)13)14-8-9-6-4-3-5-7-9/h3-7,10H,2,8H2,1H3,(H2,12,13). The van der Waals surface area contributed by atoms with Crippen molar-refractivity contribution in [3.8, 4) is 0 Å². The number of amides is 1. The number of nitrogens with two attached hydrogens (primary N) is 1. The van der Waals surface area contributed by atoms with Crippen LogP contribution in [-0.4, -0.2) is 12.0 Å². The Morgan fingerprint density at radius 2 is 2.07 bits per heavy atom. The zero-order valence-electron chi connectivity index (χ0n) is 8.27. The molecule has 0 radical (unpaired) electrons. The van der Waals surface area contributed by atoms with E-state index in [0.717, 1.165) is 5.56 Å². The van der Waals surface area contributed by atoms with Crippen LogP contribution in [0.3, 0.4) is 0 Å². The minimum Gasteiger partial charge on any atom is -0.367 e. The molecule has 3 nitrogen and oxygen atoms in total. The third-order valence-electron chi connectivity index (χ3n) is 1.98. The van der Waals surface area contributed by atoms with E-state index in [1.165, 1.54) is 0 Å².